The van der Waals surface area contributed by atoms with Crippen molar-refractivity contribution in [3.63, 3.8) is 0 Å². The fourth-order valence-corrected chi connectivity index (χ4v) is 2.00. The van der Waals surface area contributed by atoms with Gasteiger partial charge < -0.3 is 10.5 Å². The molecule has 0 aliphatic heterocycles. The van der Waals surface area contributed by atoms with Gasteiger partial charge in [0.15, 0.2) is 0 Å². The highest BCUT2D eigenvalue weighted by atomic mass is 16.5. The van der Waals surface area contributed by atoms with Crippen LogP contribution in [0.2, 0.25) is 0 Å². The van der Waals surface area contributed by atoms with E-state index in [1.807, 2.05) is 0 Å². The van der Waals surface area contributed by atoms with Gasteiger partial charge in [0.1, 0.15) is 5.75 Å². The van der Waals surface area contributed by atoms with E-state index >= 15 is 0 Å². The quantitative estimate of drug-likeness (QED) is 0.848. The molecule has 2 heteroatoms. The van der Waals surface area contributed by atoms with Crippen LogP contribution in [-0.4, -0.2) is 12.6 Å². The van der Waals surface area contributed by atoms with Gasteiger partial charge in [-0.25, -0.2) is 0 Å². The summed E-state index contributed by atoms with van der Waals surface area (Å²) >= 11 is 0. The van der Waals surface area contributed by atoms with Gasteiger partial charge in [0.2, 0.25) is 0 Å². The first kappa shape index (κ1) is 13.0. The van der Waals surface area contributed by atoms with Crippen molar-refractivity contribution in [3.8, 4) is 5.75 Å². The van der Waals surface area contributed by atoms with Crippen LogP contribution in [0.15, 0.2) is 6.07 Å². The maximum absolute atomic E-state index is 5.81. The SMILES string of the molecule is Cc1cc(OC(C)C)c(C)c(C)c1CCN. The third-order valence-electron chi connectivity index (χ3n) is 2.97. The molecule has 16 heavy (non-hydrogen) atoms. The van der Waals surface area contributed by atoms with Crippen molar-refractivity contribution in [2.24, 2.45) is 5.73 Å². The average molecular weight is 221 g/mol. The summed E-state index contributed by atoms with van der Waals surface area (Å²) in [5.74, 6) is 1.01. The molecule has 0 aliphatic carbocycles. The molecule has 1 aromatic carbocycles. The zero-order valence-corrected chi connectivity index (χ0v) is 11.1. The topological polar surface area (TPSA) is 35.2 Å². The van der Waals surface area contributed by atoms with Crippen molar-refractivity contribution in [1.29, 1.82) is 0 Å². The molecular formula is C14H23NO. The minimum Gasteiger partial charge on any atom is -0.491 e. The normalized spacial score (nSPS) is 10.9. The van der Waals surface area contributed by atoms with Crippen LogP contribution in [0.5, 0.6) is 5.75 Å². The fraction of sp³-hybridized carbons (Fsp3) is 0.571. The summed E-state index contributed by atoms with van der Waals surface area (Å²) in [6.45, 7) is 11.2. The summed E-state index contributed by atoms with van der Waals surface area (Å²) in [5.41, 5.74) is 10.8. The molecule has 1 rings (SSSR count). The van der Waals surface area contributed by atoms with Crippen LogP contribution in [0.1, 0.15) is 36.1 Å². The van der Waals surface area contributed by atoms with E-state index in [1.54, 1.807) is 0 Å². The van der Waals surface area contributed by atoms with Crippen molar-refractivity contribution < 1.29 is 4.74 Å². The number of aryl methyl sites for hydroxylation is 1. The second-order valence-electron chi connectivity index (χ2n) is 4.63. The fourth-order valence-electron chi connectivity index (χ4n) is 2.00. The largest absolute Gasteiger partial charge is 0.491 e. The molecule has 0 amide bonds. The van der Waals surface area contributed by atoms with E-state index in [1.165, 1.54) is 22.3 Å². The number of ether oxygens (including phenoxy) is 1. The van der Waals surface area contributed by atoms with Gasteiger partial charge in [-0.15, -0.1) is 0 Å². The summed E-state index contributed by atoms with van der Waals surface area (Å²) in [6, 6.07) is 2.13. The van der Waals surface area contributed by atoms with Crippen LogP contribution >= 0.6 is 0 Å². The first-order valence-electron chi connectivity index (χ1n) is 5.93. The molecular weight excluding hydrogens is 198 g/mol. The van der Waals surface area contributed by atoms with Crippen molar-refractivity contribution in [3.05, 3.63) is 28.3 Å². The van der Waals surface area contributed by atoms with E-state index in [0.717, 1.165) is 12.2 Å². The molecule has 2 N–H and O–H groups in total. The summed E-state index contributed by atoms with van der Waals surface area (Å²) in [5, 5.41) is 0. The van der Waals surface area contributed by atoms with E-state index in [0.29, 0.717) is 6.54 Å². The van der Waals surface area contributed by atoms with Crippen LogP contribution in [0.4, 0.5) is 0 Å². The molecule has 90 valence electrons. The molecule has 0 atom stereocenters. The van der Waals surface area contributed by atoms with Gasteiger partial charge in [0, 0.05) is 0 Å². The number of hydrogen-bond donors (Lipinski definition) is 1. The van der Waals surface area contributed by atoms with E-state index in [4.69, 9.17) is 10.5 Å². The standard InChI is InChI=1S/C14H23NO/c1-9(2)16-14-8-10(3)13(6-7-15)11(4)12(14)5/h8-9H,6-7,15H2,1-5H3. The smallest absolute Gasteiger partial charge is 0.123 e. The third kappa shape index (κ3) is 2.76. The molecule has 1 aromatic rings. The van der Waals surface area contributed by atoms with E-state index in [-0.39, 0.29) is 6.10 Å². The summed E-state index contributed by atoms with van der Waals surface area (Å²) in [7, 11) is 0. The Labute approximate surface area is 98.8 Å². The molecule has 0 aromatic heterocycles. The van der Waals surface area contributed by atoms with Gasteiger partial charge in [-0.05, 0) is 75.9 Å². The lowest BCUT2D eigenvalue weighted by molar-refractivity contribution is 0.240. The minimum atomic E-state index is 0.220. The predicted molar refractivity (Wildman–Crippen MR) is 69.2 cm³/mol. The number of benzene rings is 1. The average Bonchev–Trinajstić information content (AvgIpc) is 2.20. The Bertz CT molecular complexity index is 369. The van der Waals surface area contributed by atoms with Gasteiger partial charge in [0.05, 0.1) is 6.10 Å². The van der Waals surface area contributed by atoms with Crippen LogP contribution in [-0.2, 0) is 6.42 Å². The van der Waals surface area contributed by atoms with Gasteiger partial charge in [-0.3, -0.25) is 0 Å². The molecule has 0 saturated carbocycles. The second kappa shape index (κ2) is 5.35. The summed E-state index contributed by atoms with van der Waals surface area (Å²) < 4.78 is 5.81. The molecule has 0 fully saturated rings. The van der Waals surface area contributed by atoms with Gasteiger partial charge >= 0.3 is 0 Å². The van der Waals surface area contributed by atoms with Crippen LogP contribution in [0.25, 0.3) is 0 Å². The second-order valence-corrected chi connectivity index (χ2v) is 4.63. The van der Waals surface area contributed by atoms with Crippen molar-refractivity contribution >= 4 is 0 Å². The zero-order chi connectivity index (χ0) is 12.3. The summed E-state index contributed by atoms with van der Waals surface area (Å²) in [6.07, 6.45) is 1.17. The van der Waals surface area contributed by atoms with Crippen molar-refractivity contribution in [2.75, 3.05) is 6.54 Å². The molecule has 0 heterocycles. The van der Waals surface area contributed by atoms with E-state index in [9.17, 15) is 0 Å². The Kier molecular flexibility index (Phi) is 4.36. The maximum Gasteiger partial charge on any atom is 0.123 e. The Morgan fingerprint density at radius 2 is 1.81 bits per heavy atom. The number of hydrogen-bond acceptors (Lipinski definition) is 2. The van der Waals surface area contributed by atoms with Crippen LogP contribution in [0.3, 0.4) is 0 Å². The molecule has 0 saturated heterocycles. The monoisotopic (exact) mass is 221 g/mol. The first-order valence-corrected chi connectivity index (χ1v) is 5.93. The molecule has 0 radical (unpaired) electrons. The van der Waals surface area contributed by atoms with Crippen LogP contribution in [0, 0.1) is 20.8 Å². The van der Waals surface area contributed by atoms with Gasteiger partial charge in [-0.1, -0.05) is 0 Å². The predicted octanol–water partition coefficient (Wildman–Crippen LogP) is 2.90. The van der Waals surface area contributed by atoms with Crippen LogP contribution < -0.4 is 10.5 Å². The maximum atomic E-state index is 5.81. The molecule has 0 aliphatic rings. The molecule has 0 unspecified atom stereocenters. The van der Waals surface area contributed by atoms with E-state index in [2.05, 4.69) is 40.7 Å². The minimum absolute atomic E-state index is 0.220. The lowest BCUT2D eigenvalue weighted by Gasteiger charge is -2.18. The summed E-state index contributed by atoms with van der Waals surface area (Å²) in [4.78, 5) is 0. The van der Waals surface area contributed by atoms with Gasteiger partial charge in [-0.2, -0.15) is 0 Å². The highest BCUT2D eigenvalue weighted by molar-refractivity contribution is 5.48. The first-order chi connectivity index (χ1) is 7.47. The Morgan fingerprint density at radius 3 is 2.31 bits per heavy atom. The van der Waals surface area contributed by atoms with E-state index < -0.39 is 0 Å². The van der Waals surface area contributed by atoms with Gasteiger partial charge in [0.25, 0.3) is 0 Å². The van der Waals surface area contributed by atoms with Crippen molar-refractivity contribution in [1.82, 2.24) is 0 Å². The molecule has 0 bridgehead atoms. The molecule has 2 nitrogen and oxygen atoms in total. The highest BCUT2D eigenvalue weighted by Gasteiger charge is 2.11. The lowest BCUT2D eigenvalue weighted by atomic mass is 9.95. The number of nitrogens with two attached hydrogens (primary N) is 1. The Balaban J connectivity index is 3.16. The zero-order valence-electron chi connectivity index (χ0n) is 11.1. The Morgan fingerprint density at radius 1 is 1.19 bits per heavy atom. The lowest BCUT2D eigenvalue weighted by Crippen LogP contribution is -2.11. The molecule has 0 spiro atoms. The van der Waals surface area contributed by atoms with Crippen molar-refractivity contribution in [2.45, 2.75) is 47.1 Å². The number of rotatable bonds is 4. The highest BCUT2D eigenvalue weighted by Crippen LogP contribution is 2.28. The Hall–Kier alpha value is -1.02. The third-order valence-corrected chi connectivity index (χ3v) is 2.97.